The number of nitrogens with one attached hydrogen (secondary N) is 1. The number of carbonyl (C=O) groups excluding carboxylic acids is 1. The van der Waals surface area contributed by atoms with Crippen molar-refractivity contribution in [3.8, 4) is 0 Å². The molecule has 1 amide bonds. The number of hydrogen-bond acceptors (Lipinski definition) is 2. The molecule has 1 aromatic rings. The van der Waals surface area contributed by atoms with E-state index in [0.717, 1.165) is 24.1 Å². The Bertz CT molecular complexity index is 382. The summed E-state index contributed by atoms with van der Waals surface area (Å²) in [6.07, 6.45) is 1.87. The zero-order chi connectivity index (χ0) is 12.7. The molecule has 0 aliphatic heterocycles. The van der Waals surface area contributed by atoms with Gasteiger partial charge in [0, 0.05) is 5.92 Å². The van der Waals surface area contributed by atoms with E-state index >= 15 is 0 Å². The van der Waals surface area contributed by atoms with Crippen LogP contribution in [-0.2, 0) is 4.79 Å². The summed E-state index contributed by atoms with van der Waals surface area (Å²) >= 11 is 0. The molecule has 17 heavy (non-hydrogen) atoms. The van der Waals surface area contributed by atoms with Crippen LogP contribution in [0.2, 0.25) is 0 Å². The normalized spacial score (nSPS) is 11.6. The fourth-order valence-corrected chi connectivity index (χ4v) is 1.38. The summed E-state index contributed by atoms with van der Waals surface area (Å²) in [5, 5.41) is 4.22. The topological polar surface area (TPSA) is 41.5 Å². The molecule has 0 unspecified atom stereocenters. The van der Waals surface area contributed by atoms with E-state index in [-0.39, 0.29) is 11.8 Å². The maximum atomic E-state index is 11.5. The third-order valence-corrected chi connectivity index (χ3v) is 2.42. The Balaban J connectivity index is 2.79. The SMILES string of the molecule is CCCC(=NNC(=O)C(C)C)c1ccccc1. The van der Waals surface area contributed by atoms with Gasteiger partial charge in [0.05, 0.1) is 5.71 Å². The summed E-state index contributed by atoms with van der Waals surface area (Å²) in [4.78, 5) is 11.5. The largest absolute Gasteiger partial charge is 0.273 e. The predicted octanol–water partition coefficient (Wildman–Crippen LogP) is 2.96. The molecule has 0 atom stereocenters. The van der Waals surface area contributed by atoms with Gasteiger partial charge < -0.3 is 0 Å². The van der Waals surface area contributed by atoms with Gasteiger partial charge >= 0.3 is 0 Å². The molecular weight excluding hydrogens is 212 g/mol. The van der Waals surface area contributed by atoms with Crippen LogP contribution < -0.4 is 5.43 Å². The van der Waals surface area contributed by atoms with Crippen molar-refractivity contribution in [2.45, 2.75) is 33.6 Å². The first kappa shape index (κ1) is 13.4. The van der Waals surface area contributed by atoms with E-state index in [1.54, 1.807) is 0 Å². The highest BCUT2D eigenvalue weighted by molar-refractivity contribution is 6.01. The fourth-order valence-electron chi connectivity index (χ4n) is 1.38. The molecule has 0 aliphatic rings. The quantitative estimate of drug-likeness (QED) is 0.615. The second-order valence-corrected chi connectivity index (χ2v) is 4.31. The second kappa shape index (κ2) is 6.84. The molecule has 0 saturated carbocycles. The Morgan fingerprint density at radius 3 is 2.47 bits per heavy atom. The van der Waals surface area contributed by atoms with Crippen molar-refractivity contribution in [1.29, 1.82) is 0 Å². The number of rotatable bonds is 5. The number of hydrazone groups is 1. The standard InChI is InChI=1S/C14H20N2O/c1-4-8-13(12-9-6-5-7-10-12)15-16-14(17)11(2)3/h5-7,9-11H,4,8H2,1-3H3,(H,16,17). The highest BCUT2D eigenvalue weighted by Gasteiger charge is 2.07. The summed E-state index contributed by atoms with van der Waals surface area (Å²) < 4.78 is 0. The zero-order valence-corrected chi connectivity index (χ0v) is 10.7. The molecule has 0 heterocycles. The molecule has 1 N–H and O–H groups in total. The molecule has 1 aromatic carbocycles. The van der Waals surface area contributed by atoms with E-state index in [1.165, 1.54) is 0 Å². The number of hydrogen-bond donors (Lipinski definition) is 1. The number of carbonyl (C=O) groups is 1. The monoisotopic (exact) mass is 232 g/mol. The van der Waals surface area contributed by atoms with Crippen LogP contribution in [-0.4, -0.2) is 11.6 Å². The van der Waals surface area contributed by atoms with Crippen LogP contribution in [0.25, 0.3) is 0 Å². The van der Waals surface area contributed by atoms with Crippen LogP contribution in [0.5, 0.6) is 0 Å². The van der Waals surface area contributed by atoms with Crippen molar-refractivity contribution < 1.29 is 4.79 Å². The molecule has 0 spiro atoms. The fraction of sp³-hybridized carbons (Fsp3) is 0.429. The van der Waals surface area contributed by atoms with Gasteiger partial charge in [0.1, 0.15) is 0 Å². The lowest BCUT2D eigenvalue weighted by atomic mass is 10.1. The Labute approximate surface area is 103 Å². The highest BCUT2D eigenvalue weighted by atomic mass is 16.2. The van der Waals surface area contributed by atoms with Crippen molar-refractivity contribution in [3.05, 3.63) is 35.9 Å². The van der Waals surface area contributed by atoms with Gasteiger partial charge in [0.2, 0.25) is 5.91 Å². The maximum Gasteiger partial charge on any atom is 0.242 e. The van der Waals surface area contributed by atoms with E-state index in [1.807, 2.05) is 44.2 Å². The summed E-state index contributed by atoms with van der Waals surface area (Å²) in [6.45, 7) is 5.81. The lowest BCUT2D eigenvalue weighted by molar-refractivity contribution is -0.123. The molecular formula is C14H20N2O. The summed E-state index contributed by atoms with van der Waals surface area (Å²) in [5.41, 5.74) is 4.61. The predicted molar refractivity (Wildman–Crippen MR) is 70.9 cm³/mol. The average Bonchev–Trinajstić information content (AvgIpc) is 2.35. The molecule has 0 radical (unpaired) electrons. The number of nitrogens with zero attached hydrogens (tertiary/aromatic N) is 1. The third kappa shape index (κ3) is 4.39. The second-order valence-electron chi connectivity index (χ2n) is 4.31. The first-order valence-corrected chi connectivity index (χ1v) is 6.07. The van der Waals surface area contributed by atoms with E-state index in [2.05, 4.69) is 17.5 Å². The van der Waals surface area contributed by atoms with Gasteiger partial charge in [0.25, 0.3) is 0 Å². The minimum Gasteiger partial charge on any atom is -0.273 e. The van der Waals surface area contributed by atoms with Crippen molar-refractivity contribution in [2.24, 2.45) is 11.0 Å². The molecule has 0 aliphatic carbocycles. The first-order valence-electron chi connectivity index (χ1n) is 6.07. The van der Waals surface area contributed by atoms with Crippen molar-refractivity contribution in [1.82, 2.24) is 5.43 Å². The smallest absolute Gasteiger partial charge is 0.242 e. The number of amides is 1. The van der Waals surface area contributed by atoms with Crippen LogP contribution in [0.1, 0.15) is 39.2 Å². The first-order chi connectivity index (χ1) is 8.15. The Hall–Kier alpha value is -1.64. The van der Waals surface area contributed by atoms with Gasteiger partial charge in [-0.2, -0.15) is 5.10 Å². The van der Waals surface area contributed by atoms with Crippen molar-refractivity contribution in [2.75, 3.05) is 0 Å². The van der Waals surface area contributed by atoms with Crippen LogP contribution in [0.3, 0.4) is 0 Å². The van der Waals surface area contributed by atoms with Gasteiger partial charge in [-0.1, -0.05) is 57.5 Å². The average molecular weight is 232 g/mol. The summed E-state index contributed by atoms with van der Waals surface area (Å²) in [6, 6.07) is 9.95. The molecule has 0 fully saturated rings. The van der Waals surface area contributed by atoms with E-state index in [9.17, 15) is 4.79 Å². The van der Waals surface area contributed by atoms with Crippen LogP contribution in [0, 0.1) is 5.92 Å². The molecule has 1 rings (SSSR count). The molecule has 0 aromatic heterocycles. The van der Waals surface area contributed by atoms with E-state index in [4.69, 9.17) is 0 Å². The van der Waals surface area contributed by atoms with Crippen LogP contribution in [0.4, 0.5) is 0 Å². The van der Waals surface area contributed by atoms with Gasteiger partial charge in [-0.25, -0.2) is 5.43 Å². The lowest BCUT2D eigenvalue weighted by Gasteiger charge is -2.07. The minimum absolute atomic E-state index is 0.0441. The lowest BCUT2D eigenvalue weighted by Crippen LogP contribution is -2.24. The van der Waals surface area contributed by atoms with Crippen molar-refractivity contribution in [3.63, 3.8) is 0 Å². The maximum absolute atomic E-state index is 11.5. The molecule has 3 heteroatoms. The van der Waals surface area contributed by atoms with Gasteiger partial charge in [-0.3, -0.25) is 4.79 Å². The Kier molecular flexibility index (Phi) is 5.40. The minimum atomic E-state index is -0.0467. The van der Waals surface area contributed by atoms with Crippen LogP contribution >= 0.6 is 0 Å². The Morgan fingerprint density at radius 1 is 1.29 bits per heavy atom. The molecule has 3 nitrogen and oxygen atoms in total. The van der Waals surface area contributed by atoms with Crippen molar-refractivity contribution >= 4 is 11.6 Å². The Morgan fingerprint density at radius 2 is 1.94 bits per heavy atom. The number of benzene rings is 1. The molecule has 0 bridgehead atoms. The van der Waals surface area contributed by atoms with Crippen LogP contribution in [0.15, 0.2) is 35.4 Å². The van der Waals surface area contributed by atoms with Gasteiger partial charge in [-0.15, -0.1) is 0 Å². The highest BCUT2D eigenvalue weighted by Crippen LogP contribution is 2.06. The zero-order valence-electron chi connectivity index (χ0n) is 10.7. The molecule has 0 saturated heterocycles. The summed E-state index contributed by atoms with van der Waals surface area (Å²) in [7, 11) is 0. The van der Waals surface area contributed by atoms with E-state index in [0.29, 0.717) is 0 Å². The summed E-state index contributed by atoms with van der Waals surface area (Å²) in [5.74, 6) is -0.0908. The van der Waals surface area contributed by atoms with E-state index < -0.39 is 0 Å². The van der Waals surface area contributed by atoms with Gasteiger partial charge in [0.15, 0.2) is 0 Å². The van der Waals surface area contributed by atoms with Gasteiger partial charge in [-0.05, 0) is 12.0 Å². The third-order valence-electron chi connectivity index (χ3n) is 2.42. The molecule has 92 valence electrons.